The highest BCUT2D eigenvalue weighted by atomic mass is 35.5. The van der Waals surface area contributed by atoms with Crippen molar-refractivity contribution in [2.24, 2.45) is 5.92 Å². The van der Waals surface area contributed by atoms with Gasteiger partial charge in [-0.15, -0.1) is 23.2 Å². The fourth-order valence-corrected chi connectivity index (χ4v) is 5.45. The largest absolute Gasteiger partial charge is 0.326 e. The average Bonchev–Trinajstić information content (AvgIpc) is 3.37. The van der Waals surface area contributed by atoms with Gasteiger partial charge in [-0.05, 0) is 72.6 Å². The Morgan fingerprint density at radius 2 is 1.63 bits per heavy atom. The molecule has 0 bridgehead atoms. The van der Waals surface area contributed by atoms with Crippen molar-refractivity contribution in [3.8, 4) is 6.07 Å². The van der Waals surface area contributed by atoms with E-state index in [2.05, 4.69) is 10.6 Å². The summed E-state index contributed by atoms with van der Waals surface area (Å²) in [4.78, 5) is 25.8. The van der Waals surface area contributed by atoms with Crippen molar-refractivity contribution in [1.82, 2.24) is 0 Å². The molecule has 2 N–H and O–H groups in total. The van der Waals surface area contributed by atoms with E-state index in [9.17, 15) is 9.59 Å². The molecular weight excluding hydrogens is 552 g/mol. The highest BCUT2D eigenvalue weighted by molar-refractivity contribution is 6.53. The smallest absolute Gasteiger partial charge is 0.255 e. The molecule has 1 aliphatic carbocycles. The number of amides is 2. The molecule has 0 aliphatic heterocycles. The van der Waals surface area contributed by atoms with Gasteiger partial charge >= 0.3 is 0 Å². The molecule has 10 heteroatoms. The quantitative estimate of drug-likeness (QED) is 0.312. The molecule has 0 heterocycles. The Labute approximate surface area is 226 Å². The van der Waals surface area contributed by atoms with E-state index in [-0.39, 0.29) is 5.02 Å². The molecule has 2 atom stereocenters. The van der Waals surface area contributed by atoms with Crippen LogP contribution >= 0.6 is 58.0 Å². The second-order valence-corrected chi connectivity index (χ2v) is 10.8. The van der Waals surface area contributed by atoms with Crippen molar-refractivity contribution < 1.29 is 9.59 Å². The molecule has 0 unspecified atom stereocenters. The van der Waals surface area contributed by atoms with Gasteiger partial charge in [0.15, 0.2) is 0 Å². The van der Waals surface area contributed by atoms with Crippen molar-refractivity contribution >= 4 is 81.2 Å². The Balaban J connectivity index is 1.51. The molecule has 3 aromatic rings. The minimum absolute atomic E-state index is 0.282. The third kappa shape index (κ3) is 5.38. The molecule has 3 aromatic carbocycles. The molecule has 178 valence electrons. The Morgan fingerprint density at radius 3 is 2.26 bits per heavy atom. The zero-order valence-electron chi connectivity index (χ0n) is 18.0. The van der Waals surface area contributed by atoms with E-state index in [0.29, 0.717) is 43.7 Å². The van der Waals surface area contributed by atoms with Crippen LogP contribution in [0.15, 0.2) is 54.6 Å². The molecule has 35 heavy (non-hydrogen) atoms. The number of nitriles is 1. The summed E-state index contributed by atoms with van der Waals surface area (Å²) in [5.41, 5.74) is 2.85. The lowest BCUT2D eigenvalue weighted by Gasteiger charge is -2.12. The Morgan fingerprint density at radius 1 is 0.943 bits per heavy atom. The molecule has 2 amide bonds. The first kappa shape index (κ1) is 25.6. The number of hydrogen-bond acceptors (Lipinski definition) is 3. The van der Waals surface area contributed by atoms with Crippen LogP contribution in [0.2, 0.25) is 15.1 Å². The van der Waals surface area contributed by atoms with Gasteiger partial charge in [-0.1, -0.05) is 34.8 Å². The van der Waals surface area contributed by atoms with Gasteiger partial charge in [0.25, 0.3) is 5.91 Å². The molecular formula is C25H16Cl5N3O2. The Bertz CT molecular complexity index is 1380. The predicted molar refractivity (Wildman–Crippen MR) is 141 cm³/mol. The lowest BCUT2D eigenvalue weighted by molar-refractivity contribution is -0.117. The predicted octanol–water partition coefficient (Wildman–Crippen LogP) is 7.61. The maximum Gasteiger partial charge on any atom is 0.255 e. The summed E-state index contributed by atoms with van der Waals surface area (Å²) in [5, 5.41) is 15.6. The summed E-state index contributed by atoms with van der Waals surface area (Å²) < 4.78 is -1.32. The summed E-state index contributed by atoms with van der Waals surface area (Å²) in [6.45, 7) is 1.73. The summed E-state index contributed by atoms with van der Waals surface area (Å²) in [7, 11) is 0. The fraction of sp³-hybridized carbons (Fsp3) is 0.160. The van der Waals surface area contributed by atoms with E-state index < -0.39 is 28.0 Å². The minimum atomic E-state index is -1.32. The zero-order chi connectivity index (χ0) is 25.5. The van der Waals surface area contributed by atoms with Crippen LogP contribution in [-0.2, 0) is 4.79 Å². The van der Waals surface area contributed by atoms with E-state index in [0.717, 1.165) is 0 Å². The maximum atomic E-state index is 13.0. The lowest BCUT2D eigenvalue weighted by Crippen LogP contribution is -2.18. The first-order chi connectivity index (χ1) is 16.5. The summed E-state index contributed by atoms with van der Waals surface area (Å²) in [5.74, 6) is -2.04. The number of carbonyl (C=O) groups is 2. The zero-order valence-corrected chi connectivity index (χ0v) is 21.8. The van der Waals surface area contributed by atoms with Gasteiger partial charge < -0.3 is 10.6 Å². The fourth-order valence-electron chi connectivity index (χ4n) is 3.92. The number of nitrogens with zero attached hydrogens (tertiary/aromatic N) is 1. The highest BCUT2D eigenvalue weighted by Gasteiger charge is 2.67. The van der Waals surface area contributed by atoms with Crippen molar-refractivity contribution in [2.75, 3.05) is 10.6 Å². The van der Waals surface area contributed by atoms with E-state index in [1.54, 1.807) is 55.5 Å². The van der Waals surface area contributed by atoms with Crippen LogP contribution in [0.5, 0.6) is 0 Å². The number of benzene rings is 3. The van der Waals surface area contributed by atoms with Gasteiger partial charge in [-0.3, -0.25) is 9.59 Å². The van der Waals surface area contributed by atoms with Crippen LogP contribution in [0.1, 0.15) is 33.0 Å². The van der Waals surface area contributed by atoms with Crippen molar-refractivity contribution in [3.63, 3.8) is 0 Å². The van der Waals surface area contributed by atoms with Crippen LogP contribution in [0.4, 0.5) is 11.4 Å². The number of rotatable bonds is 5. The second-order valence-electron chi connectivity index (χ2n) is 8.11. The van der Waals surface area contributed by atoms with Crippen molar-refractivity contribution in [3.05, 3.63) is 91.9 Å². The molecule has 1 fully saturated rings. The van der Waals surface area contributed by atoms with Crippen LogP contribution in [-0.4, -0.2) is 16.1 Å². The molecule has 4 rings (SSSR count). The molecule has 1 aliphatic rings. The summed E-state index contributed by atoms with van der Waals surface area (Å²) in [6.07, 6.45) is 0. The molecule has 5 nitrogen and oxygen atoms in total. The van der Waals surface area contributed by atoms with Gasteiger partial charge in [-0.25, -0.2) is 0 Å². The third-order valence-electron chi connectivity index (χ3n) is 5.66. The molecule has 0 saturated heterocycles. The number of carbonyl (C=O) groups excluding carboxylic acids is 2. The number of halogens is 5. The van der Waals surface area contributed by atoms with E-state index in [4.69, 9.17) is 63.3 Å². The standard InChI is InChI=1S/C25H16Cl5N3O2/c1-12-6-13(11-31)2-4-18(12)23(34)33-20-10-17(3-5-19(20)28)32-24(35)22-21(25(22,29)30)14-7-15(26)9-16(27)8-14/h2-10,21-22H,1H3,(H,32,35)(H,33,34)/t21-,22+/m0/s1. The van der Waals surface area contributed by atoms with Gasteiger partial charge in [-0.2, -0.15) is 5.26 Å². The van der Waals surface area contributed by atoms with Crippen LogP contribution in [0.25, 0.3) is 0 Å². The van der Waals surface area contributed by atoms with Crippen LogP contribution < -0.4 is 10.6 Å². The SMILES string of the molecule is Cc1cc(C#N)ccc1C(=O)Nc1cc(NC(=O)[C@H]2[C@H](c3cc(Cl)cc(Cl)c3)C2(Cl)Cl)ccc1Cl. The summed E-state index contributed by atoms with van der Waals surface area (Å²) >= 11 is 31.3. The normalized spacial score (nSPS) is 17.9. The number of alkyl halides is 2. The molecule has 1 saturated carbocycles. The monoisotopic (exact) mass is 565 g/mol. The number of anilines is 2. The van der Waals surface area contributed by atoms with E-state index >= 15 is 0 Å². The number of aryl methyl sites for hydroxylation is 1. The average molecular weight is 568 g/mol. The topological polar surface area (TPSA) is 82.0 Å². The minimum Gasteiger partial charge on any atom is -0.326 e. The molecule has 0 spiro atoms. The van der Waals surface area contributed by atoms with Gasteiger partial charge in [0.1, 0.15) is 4.33 Å². The number of nitrogens with one attached hydrogen (secondary N) is 2. The van der Waals surface area contributed by atoms with Crippen LogP contribution in [0.3, 0.4) is 0 Å². The lowest BCUT2D eigenvalue weighted by atomic mass is 10.0. The molecule has 0 aromatic heterocycles. The summed E-state index contributed by atoms with van der Waals surface area (Å²) in [6, 6.07) is 16.4. The third-order valence-corrected chi connectivity index (χ3v) is 7.37. The van der Waals surface area contributed by atoms with Crippen LogP contribution in [0, 0.1) is 24.2 Å². The maximum absolute atomic E-state index is 13.0. The first-order valence-corrected chi connectivity index (χ1v) is 12.2. The van der Waals surface area contributed by atoms with E-state index in [1.807, 2.05) is 6.07 Å². The first-order valence-electron chi connectivity index (χ1n) is 10.3. The highest BCUT2D eigenvalue weighted by Crippen LogP contribution is 2.65. The number of hydrogen-bond donors (Lipinski definition) is 2. The van der Waals surface area contributed by atoms with Gasteiger partial charge in [0.05, 0.1) is 28.3 Å². The second kappa shape index (κ2) is 9.89. The van der Waals surface area contributed by atoms with Gasteiger partial charge in [0.2, 0.25) is 5.91 Å². The molecule has 0 radical (unpaired) electrons. The Hall–Kier alpha value is -2.46. The van der Waals surface area contributed by atoms with E-state index in [1.165, 1.54) is 6.07 Å². The van der Waals surface area contributed by atoms with Crippen molar-refractivity contribution in [1.29, 1.82) is 5.26 Å². The van der Waals surface area contributed by atoms with Gasteiger partial charge in [0, 0.05) is 27.2 Å². The van der Waals surface area contributed by atoms with Crippen molar-refractivity contribution in [2.45, 2.75) is 17.2 Å². The Kier molecular flexibility index (Phi) is 7.24.